The van der Waals surface area contributed by atoms with E-state index in [0.29, 0.717) is 85.8 Å². The molecule has 5 aliphatic heterocycles. The zero-order valence-electron chi connectivity index (χ0n) is 66.4. The van der Waals surface area contributed by atoms with Crippen LogP contribution < -0.4 is 35.5 Å². The zero-order chi connectivity index (χ0) is 88.3. The summed E-state index contributed by atoms with van der Waals surface area (Å²) in [7, 11) is 0. The fourth-order valence-corrected chi connectivity index (χ4v) is 16.1. The van der Waals surface area contributed by atoms with Crippen molar-refractivity contribution in [1.82, 2.24) is 51.0 Å². The first-order chi connectivity index (χ1) is 59.9. The Hall–Kier alpha value is -12.1. The molecule has 5 atom stereocenters. The number of likely N-dealkylation sites (tertiary alicyclic amines) is 1. The molecule has 8 aromatic carbocycles. The third kappa shape index (κ3) is 22.5. The SMILES string of the molecule is CCCC1CN(C(=Nc2cccc(OC(F)F)c2)NC#N)N=C1c1ccc(Cl)c(Cl)c1.CCN(C(=O)[C@H]1CCCN1)C1CN(C(=Nc2cccc(OC(F)F)c2)NC#N)N=C1c1ccc(Cl)c(Cl)c1.CCN(C(=O)[C@H]1CCCN1C(=O)OCC1c2ccccc2-c2ccccc21)C1CN(C(=Nc2cccc(OC(F)F)c2)NC#N)N=C1c1ccc(Cl)c(Cl)c1. The second kappa shape index (κ2) is 42.8. The van der Waals surface area contributed by atoms with Crippen LogP contribution in [0.25, 0.3) is 11.1 Å². The van der Waals surface area contributed by atoms with Crippen LogP contribution in [0.3, 0.4) is 0 Å². The minimum absolute atomic E-state index is 0.0265. The van der Waals surface area contributed by atoms with Gasteiger partial charge in [-0.05, 0) is 153 Å². The number of carbonyl (C=O) groups excluding carboxylic acids is 3. The summed E-state index contributed by atoms with van der Waals surface area (Å²) in [5.74, 6) is -0.426. The second-order valence-electron chi connectivity index (χ2n) is 28.3. The first-order valence-electron chi connectivity index (χ1n) is 39.1. The number of carbonyl (C=O) groups is 3. The summed E-state index contributed by atoms with van der Waals surface area (Å²) in [5, 5.41) is 59.9. The summed E-state index contributed by atoms with van der Waals surface area (Å²) in [4.78, 5) is 59.9. The minimum Gasteiger partial charge on any atom is -0.448 e. The van der Waals surface area contributed by atoms with Gasteiger partial charge < -0.3 is 34.1 Å². The molecule has 0 saturated carbocycles. The molecule has 3 unspecified atom stereocenters. The molecule has 124 heavy (non-hydrogen) atoms. The van der Waals surface area contributed by atoms with E-state index in [1.807, 2.05) is 74.9 Å². The molecule has 0 radical (unpaired) electrons. The number of nitrogens with one attached hydrogen (secondary N) is 4. The molecule has 0 bridgehead atoms. The van der Waals surface area contributed by atoms with Crippen LogP contribution in [0.5, 0.6) is 17.2 Å². The molecule has 2 saturated heterocycles. The van der Waals surface area contributed by atoms with E-state index < -0.39 is 44.1 Å². The molecule has 5 heterocycles. The van der Waals surface area contributed by atoms with Crippen molar-refractivity contribution in [2.24, 2.45) is 36.2 Å². The number of ether oxygens (including phenoxy) is 4. The van der Waals surface area contributed by atoms with Crippen molar-refractivity contribution in [2.75, 3.05) is 52.4 Å². The molecule has 1 aliphatic carbocycles. The number of rotatable bonds is 22. The van der Waals surface area contributed by atoms with E-state index in [-0.39, 0.29) is 107 Å². The number of hydrogen-bond acceptors (Lipinski definition) is 17. The van der Waals surface area contributed by atoms with Crippen molar-refractivity contribution in [3.63, 3.8) is 0 Å². The molecule has 0 aromatic heterocycles. The molecular weight excluding hydrogens is 1740 g/mol. The maximum atomic E-state index is 14.6. The maximum Gasteiger partial charge on any atom is 0.410 e. The lowest BCUT2D eigenvalue weighted by Crippen LogP contribution is -2.54. The van der Waals surface area contributed by atoms with E-state index in [0.717, 1.165) is 65.8 Å². The number of benzene rings is 8. The summed E-state index contributed by atoms with van der Waals surface area (Å²) >= 11 is 37.3. The number of nitrogens with zero attached hydrogens (tertiary/aromatic N) is 15. The number of amides is 3. The van der Waals surface area contributed by atoms with Crippen LogP contribution in [0.4, 0.5) is 48.2 Å². The molecule has 8 aromatic rings. The smallest absolute Gasteiger partial charge is 0.410 e. The van der Waals surface area contributed by atoms with Gasteiger partial charge >= 0.3 is 25.9 Å². The van der Waals surface area contributed by atoms with Crippen LogP contribution in [0, 0.1) is 40.3 Å². The molecule has 6 aliphatic rings. The van der Waals surface area contributed by atoms with Crippen LogP contribution in [0.2, 0.25) is 30.1 Å². The van der Waals surface area contributed by atoms with Gasteiger partial charge in [-0.3, -0.25) is 30.4 Å². The standard InChI is InChI=1S/C40H35Cl2F2N7O4.C25H25Cl2F2N7O2.C21H19Cl2F2N5O/c1-2-49(37(52)34-15-8-18-50(34)40(53)54-22-31-29-13-5-3-11-27(29)28-12-4-6-14-30(28)31)35-21-51(48-36(35)24-16-17-32(41)33(42)19-24)39(46-23-45)47-25-9-7-10-26(20-25)55-38(43)44;1-2-35(23(37)20-7-4-10-31-20)21-13-36(34-22(21)15-8-9-18(26)19(27)11-15)25(32-14-30)33-16-5-3-6-17(12-16)38-24(28)29;1-2-4-14-11-30(29-19(14)13-7-8-17(22)18(23)9-13)21(27-12-26)28-15-5-3-6-16(10-15)31-20(24)25/h3-7,9-14,16-17,19-20,31,34-35,38H,2,8,15,18,21-22H2,1H3,(H,46,47);3,5-6,8-9,11-12,20-21,24,31H,2,4,7,10,13H2,1H3,(H,32,33);3,5-10,14,20H,2,4,11H2,1H3,(H,27,28)/t34-,35?;20-,21?;/m11./s1. The molecule has 38 heteroatoms. The van der Waals surface area contributed by atoms with E-state index in [4.69, 9.17) is 84.5 Å². The molecule has 2 fully saturated rings. The van der Waals surface area contributed by atoms with Crippen LogP contribution >= 0.6 is 69.6 Å². The van der Waals surface area contributed by atoms with E-state index in [9.17, 15) is 56.5 Å². The summed E-state index contributed by atoms with van der Waals surface area (Å²) in [6.07, 6.45) is 9.48. The molecular formula is C86H79Cl6F6N19O7. The summed E-state index contributed by atoms with van der Waals surface area (Å²) in [5.41, 5.74) is 9.04. The highest BCUT2D eigenvalue weighted by Gasteiger charge is 2.45. The molecule has 14 rings (SSSR count). The normalized spacial score (nSPS) is 17.9. The molecule has 644 valence electrons. The zero-order valence-corrected chi connectivity index (χ0v) is 71.0. The lowest BCUT2D eigenvalue weighted by Gasteiger charge is -2.34. The Morgan fingerprint density at radius 3 is 1.31 bits per heavy atom. The van der Waals surface area contributed by atoms with Crippen molar-refractivity contribution in [1.29, 1.82) is 15.8 Å². The fraction of sp³-hybridized carbons (Fsp3) is 0.302. The van der Waals surface area contributed by atoms with E-state index in [2.05, 4.69) is 74.6 Å². The van der Waals surface area contributed by atoms with Gasteiger partial charge in [0.25, 0.3) is 0 Å². The van der Waals surface area contributed by atoms with Crippen LogP contribution in [-0.2, 0) is 14.3 Å². The van der Waals surface area contributed by atoms with Crippen molar-refractivity contribution in [3.8, 4) is 47.0 Å². The number of hydrogen-bond donors (Lipinski definition) is 4. The van der Waals surface area contributed by atoms with Gasteiger partial charge in [-0.25, -0.2) is 34.8 Å². The van der Waals surface area contributed by atoms with Gasteiger partial charge in [-0.2, -0.15) is 57.4 Å². The maximum absolute atomic E-state index is 14.6. The molecule has 3 amide bonds. The van der Waals surface area contributed by atoms with E-state index in [1.54, 1.807) is 81.5 Å². The van der Waals surface area contributed by atoms with Gasteiger partial charge in [0.15, 0.2) is 18.6 Å². The Labute approximate surface area is 740 Å². The number of alkyl halides is 6. The van der Waals surface area contributed by atoms with E-state index >= 15 is 0 Å². The number of fused-ring (bicyclic) bond motifs is 3. The number of guanidine groups is 3. The monoisotopic (exact) mass is 1810 g/mol. The van der Waals surface area contributed by atoms with Gasteiger partial charge in [0, 0.05) is 60.8 Å². The first kappa shape index (κ1) is 91.2. The van der Waals surface area contributed by atoms with Crippen molar-refractivity contribution in [3.05, 3.63) is 234 Å². The van der Waals surface area contributed by atoms with Crippen molar-refractivity contribution < 1.29 is 59.7 Å². The highest BCUT2D eigenvalue weighted by Crippen LogP contribution is 2.45. The molecule has 0 spiro atoms. The Kier molecular flexibility index (Phi) is 31.5. The largest absolute Gasteiger partial charge is 0.448 e. The van der Waals surface area contributed by atoms with Gasteiger partial charge in [-0.15, -0.1) is 0 Å². The van der Waals surface area contributed by atoms with Gasteiger partial charge in [-0.1, -0.05) is 168 Å². The Bertz CT molecular complexity index is 5510. The number of halogens is 12. The predicted octanol–water partition coefficient (Wildman–Crippen LogP) is 18.1. The highest BCUT2D eigenvalue weighted by atomic mass is 35.5. The minimum atomic E-state index is -3.04. The first-order valence-corrected chi connectivity index (χ1v) is 41.4. The van der Waals surface area contributed by atoms with Crippen molar-refractivity contribution >= 4 is 140 Å². The average Bonchev–Trinajstić information content (AvgIpc) is 1.61. The van der Waals surface area contributed by atoms with Crippen LogP contribution in [0.15, 0.2) is 206 Å². The summed E-state index contributed by atoms with van der Waals surface area (Å²) < 4.78 is 95.5. The van der Waals surface area contributed by atoms with Gasteiger partial charge in [0.1, 0.15) is 29.9 Å². The fourth-order valence-electron chi connectivity index (χ4n) is 15.2. The van der Waals surface area contributed by atoms with Gasteiger partial charge in [0.2, 0.25) is 29.7 Å². The third-order valence-corrected chi connectivity index (χ3v) is 22.8. The highest BCUT2D eigenvalue weighted by molar-refractivity contribution is 6.43. The van der Waals surface area contributed by atoms with Crippen molar-refractivity contribution in [2.45, 2.75) is 109 Å². The number of likely N-dealkylation sites (N-methyl/N-ethyl adjacent to an activating group) is 2. The lowest BCUT2D eigenvalue weighted by molar-refractivity contribution is -0.136. The Balaban J connectivity index is 0.000000178. The quantitative estimate of drug-likeness (QED) is 0.0161. The second-order valence-corrected chi connectivity index (χ2v) is 30.7. The van der Waals surface area contributed by atoms with Gasteiger partial charge in [0.05, 0.1) is 102 Å². The topological polar surface area (TPSA) is 301 Å². The number of hydrazone groups is 3. The Morgan fingerprint density at radius 2 is 0.919 bits per heavy atom. The third-order valence-electron chi connectivity index (χ3n) is 20.6. The predicted molar refractivity (Wildman–Crippen MR) is 462 cm³/mol. The van der Waals surface area contributed by atoms with E-state index in [1.165, 1.54) is 69.5 Å². The Morgan fingerprint density at radius 1 is 0.508 bits per heavy atom. The number of aliphatic imine (C=N–C) groups is 3. The molecule has 4 N–H and O–H groups in total. The summed E-state index contributed by atoms with van der Waals surface area (Å²) in [6.45, 7) is -0.536. The average molecular weight is 1820 g/mol. The number of nitriles is 3. The lowest BCUT2D eigenvalue weighted by atomic mass is 9.93. The summed E-state index contributed by atoms with van der Waals surface area (Å²) in [6, 6.07) is 46.6. The van der Waals surface area contributed by atoms with Crippen LogP contribution in [0.1, 0.15) is 93.0 Å². The van der Waals surface area contributed by atoms with Crippen LogP contribution in [-0.4, -0.2) is 179 Å². The molecule has 26 nitrogen and oxygen atoms in total.